The van der Waals surface area contributed by atoms with Crippen molar-refractivity contribution in [3.63, 3.8) is 0 Å². The highest BCUT2D eigenvalue weighted by Crippen LogP contribution is 2.27. The fourth-order valence-electron chi connectivity index (χ4n) is 3.03. The number of benzene rings is 2. The van der Waals surface area contributed by atoms with Gasteiger partial charge in [0.05, 0.1) is 0 Å². The average Bonchev–Trinajstić information content (AvgIpc) is 3.08. The molecule has 1 amide bonds. The summed E-state index contributed by atoms with van der Waals surface area (Å²) in [5.74, 6) is 0.888. The van der Waals surface area contributed by atoms with E-state index in [0.717, 1.165) is 30.2 Å². The number of fused-ring (bicyclic) bond motifs is 1. The second kappa shape index (κ2) is 9.73. The molecule has 5 nitrogen and oxygen atoms in total. The number of nitrogens with one attached hydrogen (secondary N) is 2. The summed E-state index contributed by atoms with van der Waals surface area (Å²) in [6.45, 7) is 5.40. The highest BCUT2D eigenvalue weighted by Gasteiger charge is 2.22. The molecule has 144 valence electrons. The van der Waals surface area contributed by atoms with E-state index in [1.54, 1.807) is 0 Å². The molecule has 27 heavy (non-hydrogen) atoms. The number of amides is 1. The Bertz CT molecular complexity index is 802. The quantitative estimate of drug-likeness (QED) is 0.397. The lowest BCUT2D eigenvalue weighted by molar-refractivity contribution is -0.118. The molecule has 1 heterocycles. The van der Waals surface area contributed by atoms with Crippen LogP contribution in [0.15, 0.2) is 53.5 Å². The zero-order valence-electron chi connectivity index (χ0n) is 16.0. The Balaban J connectivity index is 0.00000261. The van der Waals surface area contributed by atoms with Crippen molar-refractivity contribution in [2.75, 3.05) is 23.8 Å². The zero-order chi connectivity index (χ0) is 18.5. The molecular formula is C21H27IN4O. The predicted octanol–water partition coefficient (Wildman–Crippen LogP) is 4.04. The summed E-state index contributed by atoms with van der Waals surface area (Å²) in [7, 11) is 1.81. The van der Waals surface area contributed by atoms with Crippen LogP contribution in [-0.2, 0) is 17.8 Å². The lowest BCUT2D eigenvalue weighted by atomic mass is 10.1. The van der Waals surface area contributed by atoms with Gasteiger partial charge in [0, 0.05) is 37.4 Å². The van der Waals surface area contributed by atoms with E-state index >= 15 is 0 Å². The first-order valence-electron chi connectivity index (χ1n) is 9.04. The average molecular weight is 478 g/mol. The molecule has 0 aromatic heterocycles. The van der Waals surface area contributed by atoms with E-state index in [9.17, 15) is 4.79 Å². The molecule has 0 saturated carbocycles. The number of hydrogen-bond acceptors (Lipinski definition) is 2. The van der Waals surface area contributed by atoms with Gasteiger partial charge in [-0.25, -0.2) is 0 Å². The van der Waals surface area contributed by atoms with Crippen LogP contribution >= 0.6 is 24.0 Å². The van der Waals surface area contributed by atoms with E-state index in [1.807, 2.05) is 45.2 Å². The van der Waals surface area contributed by atoms with Crippen molar-refractivity contribution in [3.05, 3.63) is 59.7 Å². The molecule has 0 fully saturated rings. The van der Waals surface area contributed by atoms with Crippen LogP contribution in [0.1, 0.15) is 25.0 Å². The first kappa shape index (κ1) is 21.2. The zero-order valence-corrected chi connectivity index (χ0v) is 18.4. The molecule has 2 aromatic carbocycles. The third-order valence-electron chi connectivity index (χ3n) is 4.55. The van der Waals surface area contributed by atoms with Gasteiger partial charge in [0.25, 0.3) is 0 Å². The van der Waals surface area contributed by atoms with Crippen molar-refractivity contribution in [1.29, 1.82) is 0 Å². The van der Waals surface area contributed by atoms with E-state index in [1.165, 1.54) is 11.3 Å². The van der Waals surface area contributed by atoms with Crippen LogP contribution in [0, 0.1) is 5.92 Å². The van der Waals surface area contributed by atoms with Gasteiger partial charge in [-0.3, -0.25) is 9.79 Å². The van der Waals surface area contributed by atoms with Gasteiger partial charge in [0.2, 0.25) is 5.91 Å². The van der Waals surface area contributed by atoms with Gasteiger partial charge < -0.3 is 15.5 Å². The van der Waals surface area contributed by atoms with Gasteiger partial charge in [-0.1, -0.05) is 44.2 Å². The van der Waals surface area contributed by atoms with Gasteiger partial charge in [-0.2, -0.15) is 0 Å². The second-order valence-corrected chi connectivity index (χ2v) is 6.77. The van der Waals surface area contributed by atoms with Crippen molar-refractivity contribution in [3.8, 4) is 0 Å². The van der Waals surface area contributed by atoms with Crippen molar-refractivity contribution in [2.45, 2.75) is 26.8 Å². The molecular weight excluding hydrogens is 451 g/mol. The monoisotopic (exact) mass is 478 g/mol. The van der Waals surface area contributed by atoms with Crippen LogP contribution in [-0.4, -0.2) is 25.5 Å². The molecule has 0 atom stereocenters. The number of rotatable bonds is 4. The Morgan fingerprint density at radius 1 is 1.15 bits per heavy atom. The minimum absolute atomic E-state index is 0. The van der Waals surface area contributed by atoms with Crippen LogP contribution in [0.3, 0.4) is 0 Å². The summed E-state index contributed by atoms with van der Waals surface area (Å²) in [5.41, 5.74) is 4.56. The largest absolute Gasteiger partial charge is 0.352 e. The van der Waals surface area contributed by atoms with E-state index in [0.29, 0.717) is 6.54 Å². The van der Waals surface area contributed by atoms with Gasteiger partial charge in [0.1, 0.15) is 0 Å². The number of carbonyl (C=O) groups excluding carboxylic acids is 1. The molecule has 0 unspecified atom stereocenters. The third kappa shape index (κ3) is 5.22. The smallest absolute Gasteiger partial charge is 0.226 e. The van der Waals surface area contributed by atoms with Crippen LogP contribution in [0.5, 0.6) is 0 Å². The SMILES string of the molecule is CN=C(NCc1ccc(NC(=O)C(C)C)cc1)N1CCc2ccccc21.I. The molecule has 0 bridgehead atoms. The molecule has 0 saturated heterocycles. The van der Waals surface area contributed by atoms with E-state index in [-0.39, 0.29) is 35.8 Å². The third-order valence-corrected chi connectivity index (χ3v) is 4.55. The van der Waals surface area contributed by atoms with Crippen LogP contribution in [0.25, 0.3) is 0 Å². The van der Waals surface area contributed by atoms with Gasteiger partial charge >= 0.3 is 0 Å². The van der Waals surface area contributed by atoms with Crippen molar-refractivity contribution in [1.82, 2.24) is 5.32 Å². The number of anilines is 2. The van der Waals surface area contributed by atoms with E-state index in [2.05, 4.69) is 44.8 Å². The fraction of sp³-hybridized carbons (Fsp3) is 0.333. The normalized spacial score (nSPS) is 13.2. The summed E-state index contributed by atoms with van der Waals surface area (Å²) in [5, 5.41) is 6.34. The van der Waals surface area contributed by atoms with Crippen molar-refractivity contribution >= 4 is 47.2 Å². The summed E-state index contributed by atoms with van der Waals surface area (Å²) in [6, 6.07) is 16.4. The molecule has 0 spiro atoms. The number of guanidine groups is 1. The molecule has 1 aliphatic heterocycles. The Labute approximate surface area is 178 Å². The Hall–Kier alpha value is -2.09. The van der Waals surface area contributed by atoms with E-state index < -0.39 is 0 Å². The number of halogens is 1. The van der Waals surface area contributed by atoms with Crippen LogP contribution in [0.4, 0.5) is 11.4 Å². The lowest BCUT2D eigenvalue weighted by Crippen LogP contribution is -2.40. The van der Waals surface area contributed by atoms with Crippen molar-refractivity contribution < 1.29 is 4.79 Å². The Morgan fingerprint density at radius 2 is 1.85 bits per heavy atom. The Kier molecular flexibility index (Phi) is 7.65. The molecule has 0 aliphatic carbocycles. The predicted molar refractivity (Wildman–Crippen MR) is 123 cm³/mol. The summed E-state index contributed by atoms with van der Waals surface area (Å²) < 4.78 is 0. The topological polar surface area (TPSA) is 56.7 Å². The minimum atomic E-state index is -0.0250. The molecule has 2 aromatic rings. The van der Waals surface area contributed by atoms with Crippen LogP contribution in [0.2, 0.25) is 0 Å². The first-order chi connectivity index (χ1) is 12.6. The van der Waals surface area contributed by atoms with Gasteiger partial charge in [-0.15, -0.1) is 24.0 Å². The summed E-state index contributed by atoms with van der Waals surface area (Å²) >= 11 is 0. The number of carbonyl (C=O) groups is 1. The first-order valence-corrected chi connectivity index (χ1v) is 9.04. The van der Waals surface area contributed by atoms with Gasteiger partial charge in [0.15, 0.2) is 5.96 Å². The van der Waals surface area contributed by atoms with E-state index in [4.69, 9.17) is 0 Å². The highest BCUT2D eigenvalue weighted by atomic mass is 127. The highest BCUT2D eigenvalue weighted by molar-refractivity contribution is 14.0. The number of hydrogen-bond donors (Lipinski definition) is 2. The minimum Gasteiger partial charge on any atom is -0.352 e. The number of para-hydroxylation sites is 1. The maximum atomic E-state index is 11.8. The molecule has 6 heteroatoms. The Morgan fingerprint density at radius 3 is 2.52 bits per heavy atom. The van der Waals surface area contributed by atoms with Gasteiger partial charge in [-0.05, 0) is 35.7 Å². The van der Waals surface area contributed by atoms with Crippen molar-refractivity contribution in [2.24, 2.45) is 10.9 Å². The molecule has 1 aliphatic rings. The lowest BCUT2D eigenvalue weighted by Gasteiger charge is -2.22. The van der Waals surface area contributed by atoms with Crippen LogP contribution < -0.4 is 15.5 Å². The maximum Gasteiger partial charge on any atom is 0.226 e. The fourth-order valence-corrected chi connectivity index (χ4v) is 3.03. The summed E-state index contributed by atoms with van der Waals surface area (Å²) in [4.78, 5) is 18.4. The molecule has 3 rings (SSSR count). The second-order valence-electron chi connectivity index (χ2n) is 6.77. The maximum absolute atomic E-state index is 11.8. The number of nitrogens with zero attached hydrogens (tertiary/aromatic N) is 2. The summed E-state index contributed by atoms with van der Waals surface area (Å²) in [6.07, 6.45) is 1.04. The standard InChI is InChI=1S/C21H26N4O.HI/c1-15(2)20(26)24-18-10-8-16(9-11-18)14-23-21(22-3)25-13-12-17-6-4-5-7-19(17)25;/h4-11,15H,12-14H2,1-3H3,(H,22,23)(H,24,26);1H. The molecule has 0 radical (unpaired) electrons. The molecule has 2 N–H and O–H groups in total. The number of aliphatic imine (C=N–C) groups is 1.